The van der Waals surface area contributed by atoms with Gasteiger partial charge >= 0.3 is 11.9 Å². The van der Waals surface area contributed by atoms with Crippen molar-refractivity contribution in [3.05, 3.63) is 65.2 Å². The Morgan fingerprint density at radius 3 is 1.91 bits per heavy atom. The molecule has 0 aliphatic rings. The molecule has 6 nitrogen and oxygen atoms in total. The maximum absolute atomic E-state index is 12.3. The van der Waals surface area contributed by atoms with Gasteiger partial charge in [-0.3, -0.25) is 4.79 Å². The lowest BCUT2D eigenvalue weighted by Gasteiger charge is -2.09. The van der Waals surface area contributed by atoms with Gasteiger partial charge in [-0.1, -0.05) is 12.1 Å². The van der Waals surface area contributed by atoms with E-state index in [9.17, 15) is 14.4 Å². The molecule has 0 aliphatic heterocycles. The van der Waals surface area contributed by atoms with Crippen molar-refractivity contribution in [1.29, 1.82) is 0 Å². The molecule has 2 aromatic carbocycles. The maximum atomic E-state index is 12.3. The van der Waals surface area contributed by atoms with Crippen LogP contribution in [-0.4, -0.2) is 32.1 Å². The lowest BCUT2D eigenvalue weighted by Crippen LogP contribution is -2.17. The molecule has 1 amide bonds. The summed E-state index contributed by atoms with van der Waals surface area (Å²) in [6.45, 7) is 0. The van der Waals surface area contributed by atoms with Gasteiger partial charge in [0, 0.05) is 5.69 Å². The Bertz CT molecular complexity index is 737. The molecule has 0 bridgehead atoms. The van der Waals surface area contributed by atoms with E-state index in [1.807, 2.05) is 0 Å². The molecule has 2 aromatic rings. The minimum Gasteiger partial charge on any atom is -0.465 e. The molecule has 0 fully saturated rings. The molecule has 118 valence electrons. The molecule has 0 spiro atoms. The van der Waals surface area contributed by atoms with E-state index in [1.54, 1.807) is 24.3 Å². The SMILES string of the molecule is COC(=O)c1ccc(NC(=O)c2ccccc2C(=O)OC)cc1. The third-order valence-electron chi connectivity index (χ3n) is 3.14. The summed E-state index contributed by atoms with van der Waals surface area (Å²) >= 11 is 0. The van der Waals surface area contributed by atoms with Crippen molar-refractivity contribution < 1.29 is 23.9 Å². The second-order valence-corrected chi connectivity index (χ2v) is 4.56. The minimum absolute atomic E-state index is 0.179. The van der Waals surface area contributed by atoms with Gasteiger partial charge < -0.3 is 14.8 Å². The van der Waals surface area contributed by atoms with Crippen LogP contribution in [0, 0.1) is 0 Å². The van der Waals surface area contributed by atoms with Gasteiger partial charge in [0.1, 0.15) is 0 Å². The Morgan fingerprint density at radius 2 is 1.35 bits per heavy atom. The quantitative estimate of drug-likeness (QED) is 0.877. The number of nitrogens with one attached hydrogen (secondary N) is 1. The fourth-order valence-electron chi connectivity index (χ4n) is 1.97. The number of carbonyl (C=O) groups is 3. The Labute approximate surface area is 133 Å². The third-order valence-corrected chi connectivity index (χ3v) is 3.14. The van der Waals surface area contributed by atoms with Gasteiger partial charge in [-0.25, -0.2) is 9.59 Å². The summed E-state index contributed by atoms with van der Waals surface area (Å²) in [5, 5.41) is 2.66. The van der Waals surface area contributed by atoms with Crippen molar-refractivity contribution in [2.75, 3.05) is 19.5 Å². The van der Waals surface area contributed by atoms with Crippen LogP contribution in [0.15, 0.2) is 48.5 Å². The summed E-state index contributed by atoms with van der Waals surface area (Å²) in [6, 6.07) is 12.6. The van der Waals surface area contributed by atoms with Gasteiger partial charge in [0.05, 0.1) is 30.9 Å². The fraction of sp³-hybridized carbons (Fsp3) is 0.118. The predicted octanol–water partition coefficient (Wildman–Crippen LogP) is 2.51. The number of hydrogen-bond acceptors (Lipinski definition) is 5. The largest absolute Gasteiger partial charge is 0.465 e. The lowest BCUT2D eigenvalue weighted by atomic mass is 10.1. The van der Waals surface area contributed by atoms with Crippen LogP contribution in [0.5, 0.6) is 0 Å². The highest BCUT2D eigenvalue weighted by Crippen LogP contribution is 2.15. The number of ether oxygens (including phenoxy) is 2. The van der Waals surface area contributed by atoms with Gasteiger partial charge in [-0.05, 0) is 36.4 Å². The van der Waals surface area contributed by atoms with E-state index in [-0.39, 0.29) is 11.1 Å². The van der Waals surface area contributed by atoms with Gasteiger partial charge in [-0.2, -0.15) is 0 Å². The van der Waals surface area contributed by atoms with E-state index in [0.29, 0.717) is 11.3 Å². The molecule has 0 atom stereocenters. The van der Waals surface area contributed by atoms with Crippen molar-refractivity contribution in [2.24, 2.45) is 0 Å². The first-order valence-corrected chi connectivity index (χ1v) is 6.74. The topological polar surface area (TPSA) is 81.7 Å². The first-order chi connectivity index (χ1) is 11.1. The summed E-state index contributed by atoms with van der Waals surface area (Å²) < 4.78 is 9.26. The van der Waals surface area contributed by atoms with Gasteiger partial charge in [-0.15, -0.1) is 0 Å². The molecule has 0 unspecified atom stereocenters. The number of anilines is 1. The van der Waals surface area contributed by atoms with Crippen molar-refractivity contribution in [1.82, 2.24) is 0 Å². The smallest absolute Gasteiger partial charge is 0.338 e. The van der Waals surface area contributed by atoms with Crippen LogP contribution in [0.3, 0.4) is 0 Å². The highest BCUT2D eigenvalue weighted by atomic mass is 16.5. The average molecular weight is 313 g/mol. The van der Waals surface area contributed by atoms with Crippen LogP contribution in [0.2, 0.25) is 0 Å². The lowest BCUT2D eigenvalue weighted by molar-refractivity contribution is 0.0590. The number of amides is 1. The normalized spacial score (nSPS) is 9.83. The Hall–Kier alpha value is -3.15. The minimum atomic E-state index is -0.586. The first kappa shape index (κ1) is 16.2. The summed E-state index contributed by atoms with van der Waals surface area (Å²) in [7, 11) is 2.55. The Kier molecular flexibility index (Phi) is 5.09. The van der Waals surface area contributed by atoms with E-state index < -0.39 is 17.8 Å². The molecule has 0 aromatic heterocycles. The second kappa shape index (κ2) is 7.22. The Balaban J connectivity index is 2.20. The molecule has 0 radical (unpaired) electrons. The monoisotopic (exact) mass is 313 g/mol. The molecule has 0 saturated carbocycles. The van der Waals surface area contributed by atoms with Crippen molar-refractivity contribution in [3.8, 4) is 0 Å². The van der Waals surface area contributed by atoms with Crippen LogP contribution in [0.1, 0.15) is 31.1 Å². The van der Waals surface area contributed by atoms with Crippen LogP contribution in [-0.2, 0) is 9.47 Å². The molecule has 0 aliphatic carbocycles. The fourth-order valence-corrected chi connectivity index (χ4v) is 1.97. The summed E-state index contributed by atoms with van der Waals surface area (Å²) in [5.74, 6) is -1.49. The summed E-state index contributed by atoms with van der Waals surface area (Å²) in [5.41, 5.74) is 1.25. The molecule has 0 heterocycles. The van der Waals surface area contributed by atoms with E-state index in [2.05, 4.69) is 14.8 Å². The van der Waals surface area contributed by atoms with E-state index in [4.69, 9.17) is 0 Å². The number of esters is 2. The Morgan fingerprint density at radius 1 is 0.783 bits per heavy atom. The molecular weight excluding hydrogens is 298 g/mol. The zero-order chi connectivity index (χ0) is 16.8. The molecular formula is C17H15NO5. The number of rotatable bonds is 4. The van der Waals surface area contributed by atoms with Crippen LogP contribution in [0.4, 0.5) is 5.69 Å². The van der Waals surface area contributed by atoms with Crippen molar-refractivity contribution in [3.63, 3.8) is 0 Å². The van der Waals surface area contributed by atoms with Crippen molar-refractivity contribution >= 4 is 23.5 Å². The molecule has 1 N–H and O–H groups in total. The highest BCUT2D eigenvalue weighted by molar-refractivity contribution is 6.11. The maximum Gasteiger partial charge on any atom is 0.338 e. The number of carbonyl (C=O) groups excluding carboxylic acids is 3. The summed E-state index contributed by atoms with van der Waals surface area (Å²) in [4.78, 5) is 35.4. The molecule has 2 rings (SSSR count). The van der Waals surface area contributed by atoms with Gasteiger partial charge in [0.25, 0.3) is 5.91 Å². The zero-order valence-corrected chi connectivity index (χ0v) is 12.7. The van der Waals surface area contributed by atoms with Gasteiger partial charge in [0.2, 0.25) is 0 Å². The van der Waals surface area contributed by atoms with Gasteiger partial charge in [0.15, 0.2) is 0 Å². The van der Waals surface area contributed by atoms with E-state index in [0.717, 1.165) is 0 Å². The number of methoxy groups -OCH3 is 2. The first-order valence-electron chi connectivity index (χ1n) is 6.74. The third kappa shape index (κ3) is 3.74. The zero-order valence-electron chi connectivity index (χ0n) is 12.7. The number of hydrogen-bond donors (Lipinski definition) is 1. The molecule has 6 heteroatoms. The van der Waals surface area contributed by atoms with E-state index in [1.165, 1.54) is 38.5 Å². The van der Waals surface area contributed by atoms with E-state index >= 15 is 0 Å². The molecule has 23 heavy (non-hydrogen) atoms. The number of benzene rings is 2. The van der Waals surface area contributed by atoms with Crippen molar-refractivity contribution in [2.45, 2.75) is 0 Å². The average Bonchev–Trinajstić information content (AvgIpc) is 2.61. The highest BCUT2D eigenvalue weighted by Gasteiger charge is 2.17. The molecule has 0 saturated heterocycles. The standard InChI is InChI=1S/C17H15NO5/c1-22-16(20)11-7-9-12(10-8-11)18-15(19)13-5-3-4-6-14(13)17(21)23-2/h3-10H,1-2H3,(H,18,19). The second-order valence-electron chi connectivity index (χ2n) is 4.56. The summed E-state index contributed by atoms with van der Waals surface area (Å²) in [6.07, 6.45) is 0. The van der Waals surface area contributed by atoms with Crippen LogP contribution in [0.25, 0.3) is 0 Å². The van der Waals surface area contributed by atoms with Crippen LogP contribution >= 0.6 is 0 Å². The predicted molar refractivity (Wildman–Crippen MR) is 83.5 cm³/mol. The van der Waals surface area contributed by atoms with Crippen LogP contribution < -0.4 is 5.32 Å².